The number of amides is 1. The van der Waals surface area contributed by atoms with Crippen molar-refractivity contribution in [2.45, 2.75) is 39.2 Å². The van der Waals surface area contributed by atoms with E-state index >= 15 is 0 Å². The lowest BCUT2D eigenvalue weighted by atomic mass is 10.1. The molecule has 3 rings (SSSR count). The minimum Gasteiger partial charge on any atom is -0.306 e. The third kappa shape index (κ3) is 3.73. The van der Waals surface area contributed by atoms with Crippen molar-refractivity contribution in [3.05, 3.63) is 41.3 Å². The van der Waals surface area contributed by atoms with Crippen LogP contribution in [0.1, 0.15) is 53.8 Å². The Kier molecular flexibility index (Phi) is 4.64. The van der Waals surface area contributed by atoms with Crippen molar-refractivity contribution in [3.8, 4) is 0 Å². The van der Waals surface area contributed by atoms with Crippen LogP contribution in [-0.2, 0) is 9.84 Å². The van der Waals surface area contributed by atoms with Gasteiger partial charge in [-0.15, -0.1) is 0 Å². The van der Waals surface area contributed by atoms with E-state index in [-0.39, 0.29) is 29.4 Å². The van der Waals surface area contributed by atoms with Gasteiger partial charge in [-0.2, -0.15) is 5.10 Å². The van der Waals surface area contributed by atoms with E-state index in [0.29, 0.717) is 23.5 Å². The number of nitrogens with one attached hydrogen (secondary N) is 1. The number of aryl methyl sites for hydroxylation is 1. The zero-order chi connectivity index (χ0) is 18.2. The standard InChI is InChI=1S/C17H22N4O3S/c1-11(2)15-14(17(22)19-16-12(3)5-4-7-18-16)9-21(20-15)13-6-8-25(23,24)10-13/h4-5,7,9,11,13H,6,8,10H2,1-3H3,(H,18,19,22). The van der Waals surface area contributed by atoms with E-state index in [1.807, 2.05) is 32.9 Å². The minimum atomic E-state index is -3.01. The number of rotatable bonds is 4. The van der Waals surface area contributed by atoms with E-state index in [0.717, 1.165) is 5.56 Å². The molecular weight excluding hydrogens is 340 g/mol. The molecule has 134 valence electrons. The molecule has 0 spiro atoms. The summed E-state index contributed by atoms with van der Waals surface area (Å²) in [6.45, 7) is 5.79. The molecule has 1 unspecified atom stereocenters. The Morgan fingerprint density at radius 1 is 1.40 bits per heavy atom. The number of hydrogen-bond donors (Lipinski definition) is 1. The summed E-state index contributed by atoms with van der Waals surface area (Å²) in [5.41, 5.74) is 2.00. The van der Waals surface area contributed by atoms with E-state index in [1.54, 1.807) is 17.1 Å². The van der Waals surface area contributed by atoms with Gasteiger partial charge in [0.25, 0.3) is 5.91 Å². The highest BCUT2D eigenvalue weighted by atomic mass is 32.2. The number of carbonyl (C=O) groups excluding carboxylic acids is 1. The van der Waals surface area contributed by atoms with Gasteiger partial charge >= 0.3 is 0 Å². The summed E-state index contributed by atoms with van der Waals surface area (Å²) in [5.74, 6) is 0.524. The average Bonchev–Trinajstić information content (AvgIpc) is 3.13. The van der Waals surface area contributed by atoms with Crippen LogP contribution >= 0.6 is 0 Å². The lowest BCUT2D eigenvalue weighted by Crippen LogP contribution is -2.15. The van der Waals surface area contributed by atoms with Crippen molar-refractivity contribution >= 4 is 21.6 Å². The van der Waals surface area contributed by atoms with Crippen LogP contribution in [0.5, 0.6) is 0 Å². The fraction of sp³-hybridized carbons (Fsp3) is 0.471. The van der Waals surface area contributed by atoms with Gasteiger partial charge in [-0.3, -0.25) is 9.48 Å². The first-order valence-electron chi connectivity index (χ1n) is 8.29. The molecule has 1 saturated heterocycles. The fourth-order valence-electron chi connectivity index (χ4n) is 2.97. The first-order valence-corrected chi connectivity index (χ1v) is 10.1. The monoisotopic (exact) mass is 362 g/mol. The predicted molar refractivity (Wildman–Crippen MR) is 95.6 cm³/mol. The third-order valence-corrected chi connectivity index (χ3v) is 6.13. The number of pyridine rings is 1. The van der Waals surface area contributed by atoms with Crippen LogP contribution in [0.25, 0.3) is 0 Å². The summed E-state index contributed by atoms with van der Waals surface area (Å²) in [4.78, 5) is 16.9. The first-order chi connectivity index (χ1) is 11.8. The van der Waals surface area contributed by atoms with Gasteiger partial charge in [0.1, 0.15) is 5.82 Å². The number of sulfone groups is 1. The average molecular weight is 362 g/mol. The fourth-order valence-corrected chi connectivity index (χ4v) is 4.67. The second kappa shape index (κ2) is 6.59. The summed E-state index contributed by atoms with van der Waals surface area (Å²) in [6.07, 6.45) is 3.81. The van der Waals surface area contributed by atoms with Crippen LogP contribution in [0, 0.1) is 6.92 Å². The highest BCUT2D eigenvalue weighted by molar-refractivity contribution is 7.91. The van der Waals surface area contributed by atoms with Crippen molar-refractivity contribution in [1.29, 1.82) is 0 Å². The Hall–Kier alpha value is -2.22. The molecule has 0 saturated carbocycles. The molecule has 0 aromatic carbocycles. The van der Waals surface area contributed by atoms with E-state index in [1.165, 1.54) is 0 Å². The molecule has 0 aliphatic carbocycles. The highest BCUT2D eigenvalue weighted by Gasteiger charge is 2.31. The maximum Gasteiger partial charge on any atom is 0.260 e. The van der Waals surface area contributed by atoms with Crippen LogP contribution < -0.4 is 5.32 Å². The Morgan fingerprint density at radius 2 is 2.16 bits per heavy atom. The normalized spacial score (nSPS) is 19.3. The van der Waals surface area contributed by atoms with Gasteiger partial charge in [0.2, 0.25) is 0 Å². The number of carbonyl (C=O) groups is 1. The lowest BCUT2D eigenvalue weighted by Gasteiger charge is -2.08. The van der Waals surface area contributed by atoms with E-state index < -0.39 is 9.84 Å². The molecule has 8 heteroatoms. The largest absolute Gasteiger partial charge is 0.306 e. The Labute approximate surface area is 147 Å². The minimum absolute atomic E-state index is 0.0461. The Morgan fingerprint density at radius 3 is 2.76 bits per heavy atom. The Balaban J connectivity index is 1.90. The quantitative estimate of drug-likeness (QED) is 0.901. The van der Waals surface area contributed by atoms with E-state index in [2.05, 4.69) is 15.4 Å². The topological polar surface area (TPSA) is 94.0 Å². The van der Waals surface area contributed by atoms with Gasteiger partial charge in [-0.25, -0.2) is 13.4 Å². The number of hydrogen-bond acceptors (Lipinski definition) is 5. The van der Waals surface area contributed by atoms with Crippen molar-refractivity contribution in [1.82, 2.24) is 14.8 Å². The molecule has 1 amide bonds. The number of aromatic nitrogens is 3. The molecule has 7 nitrogen and oxygen atoms in total. The predicted octanol–water partition coefficient (Wildman–Crippen LogP) is 2.32. The lowest BCUT2D eigenvalue weighted by molar-refractivity contribution is 0.102. The molecule has 1 N–H and O–H groups in total. The van der Waals surface area contributed by atoms with Crippen molar-refractivity contribution in [3.63, 3.8) is 0 Å². The maximum atomic E-state index is 12.7. The van der Waals surface area contributed by atoms with Crippen LogP contribution in [0.2, 0.25) is 0 Å². The van der Waals surface area contributed by atoms with Gasteiger partial charge in [-0.1, -0.05) is 19.9 Å². The summed E-state index contributed by atoms with van der Waals surface area (Å²) in [5, 5.41) is 7.33. The first kappa shape index (κ1) is 17.6. The van der Waals surface area contributed by atoms with Crippen LogP contribution in [0.15, 0.2) is 24.5 Å². The van der Waals surface area contributed by atoms with Crippen LogP contribution in [0.4, 0.5) is 5.82 Å². The highest BCUT2D eigenvalue weighted by Crippen LogP contribution is 2.27. The Bertz CT molecular complexity index is 902. The van der Waals surface area contributed by atoms with Crippen LogP contribution in [-0.4, -0.2) is 40.6 Å². The molecule has 3 heterocycles. The van der Waals surface area contributed by atoms with Gasteiger partial charge in [-0.05, 0) is 30.9 Å². The molecule has 1 fully saturated rings. The zero-order valence-electron chi connectivity index (χ0n) is 14.6. The summed E-state index contributed by atoms with van der Waals surface area (Å²) in [6, 6.07) is 3.47. The van der Waals surface area contributed by atoms with Crippen molar-refractivity contribution < 1.29 is 13.2 Å². The number of nitrogens with zero attached hydrogens (tertiary/aromatic N) is 3. The van der Waals surface area contributed by atoms with Gasteiger partial charge in [0, 0.05) is 12.4 Å². The summed E-state index contributed by atoms with van der Waals surface area (Å²) < 4.78 is 25.1. The molecule has 2 aromatic heterocycles. The SMILES string of the molecule is Cc1cccnc1NC(=O)c1cn(C2CCS(=O)(=O)C2)nc1C(C)C. The molecule has 1 aliphatic rings. The van der Waals surface area contributed by atoms with Gasteiger partial charge < -0.3 is 5.32 Å². The molecule has 0 radical (unpaired) electrons. The van der Waals surface area contributed by atoms with Crippen molar-refractivity contribution in [2.75, 3.05) is 16.8 Å². The maximum absolute atomic E-state index is 12.7. The zero-order valence-corrected chi connectivity index (χ0v) is 15.4. The molecule has 2 aromatic rings. The smallest absolute Gasteiger partial charge is 0.260 e. The second-order valence-electron chi connectivity index (χ2n) is 6.74. The second-order valence-corrected chi connectivity index (χ2v) is 8.97. The van der Waals surface area contributed by atoms with Gasteiger partial charge in [0.05, 0.1) is 28.8 Å². The van der Waals surface area contributed by atoms with Gasteiger partial charge in [0.15, 0.2) is 9.84 Å². The molecule has 1 atom stereocenters. The summed E-state index contributed by atoms with van der Waals surface area (Å²) >= 11 is 0. The molecule has 25 heavy (non-hydrogen) atoms. The molecule has 1 aliphatic heterocycles. The van der Waals surface area contributed by atoms with Crippen molar-refractivity contribution in [2.24, 2.45) is 0 Å². The summed E-state index contributed by atoms with van der Waals surface area (Å²) in [7, 11) is -3.01. The van der Waals surface area contributed by atoms with E-state index in [4.69, 9.17) is 0 Å². The third-order valence-electron chi connectivity index (χ3n) is 4.38. The van der Waals surface area contributed by atoms with Crippen LogP contribution in [0.3, 0.4) is 0 Å². The molecular formula is C17H22N4O3S. The number of anilines is 1. The van der Waals surface area contributed by atoms with E-state index in [9.17, 15) is 13.2 Å². The molecule has 0 bridgehead atoms.